The first-order valence-corrected chi connectivity index (χ1v) is 11.3. The molecule has 0 unspecified atom stereocenters. The molecule has 1 aliphatic heterocycles. The van der Waals surface area contributed by atoms with Gasteiger partial charge in [0.15, 0.2) is 5.82 Å². The van der Waals surface area contributed by atoms with E-state index in [4.69, 9.17) is 4.98 Å². The molecule has 1 N–H and O–H groups in total. The van der Waals surface area contributed by atoms with Gasteiger partial charge in [-0.25, -0.2) is 4.98 Å². The second-order valence-electron chi connectivity index (χ2n) is 8.59. The number of hydrogen-bond donors (Lipinski definition) is 1. The lowest BCUT2D eigenvalue weighted by Crippen LogP contribution is -2.47. The van der Waals surface area contributed by atoms with Gasteiger partial charge in [-0.15, -0.1) is 0 Å². The summed E-state index contributed by atoms with van der Waals surface area (Å²) in [6, 6.07) is 18.3. The van der Waals surface area contributed by atoms with Crippen LogP contribution in [0.15, 0.2) is 73.2 Å². The molecule has 0 radical (unpaired) electrons. The molecule has 4 aromatic rings. The molecule has 1 amide bonds. The van der Waals surface area contributed by atoms with Crippen LogP contribution in [0.5, 0.6) is 0 Å². The van der Waals surface area contributed by atoms with Gasteiger partial charge in [0.05, 0.1) is 17.9 Å². The van der Waals surface area contributed by atoms with Crippen LogP contribution in [0.1, 0.15) is 28.9 Å². The fraction of sp³-hybridized carbons (Fsp3) is 0.269. The second kappa shape index (κ2) is 9.03. The maximum atomic E-state index is 13.0. The summed E-state index contributed by atoms with van der Waals surface area (Å²) in [4.78, 5) is 26.3. The zero-order valence-corrected chi connectivity index (χ0v) is 19.0. The van der Waals surface area contributed by atoms with E-state index in [0.29, 0.717) is 5.82 Å². The van der Waals surface area contributed by atoms with Crippen molar-refractivity contribution in [3.8, 4) is 5.82 Å². The average molecular weight is 441 g/mol. The van der Waals surface area contributed by atoms with E-state index in [9.17, 15) is 4.79 Å². The maximum Gasteiger partial charge on any atom is 0.253 e. The normalized spacial score (nSPS) is 15.5. The molecule has 1 atom stereocenters. The van der Waals surface area contributed by atoms with Crippen molar-refractivity contribution in [1.29, 1.82) is 0 Å². The SMILES string of the molecule is C[C@H](Nc1cncc(-n2ccc3cc(C(=O)N4CCN(C)CC4)ccc32)n1)c1ccccc1. The quantitative estimate of drug-likeness (QED) is 0.509. The number of anilines is 1. The zero-order chi connectivity index (χ0) is 22.8. The predicted octanol–water partition coefficient (Wildman–Crippen LogP) is 3.98. The number of carbonyl (C=O) groups is 1. The smallest absolute Gasteiger partial charge is 0.253 e. The van der Waals surface area contributed by atoms with E-state index < -0.39 is 0 Å². The van der Waals surface area contributed by atoms with Gasteiger partial charge in [0.1, 0.15) is 5.82 Å². The third kappa shape index (κ3) is 4.45. The zero-order valence-electron chi connectivity index (χ0n) is 19.0. The van der Waals surface area contributed by atoms with Crippen LogP contribution in [0.4, 0.5) is 5.82 Å². The molecule has 168 valence electrons. The Morgan fingerprint density at radius 2 is 1.79 bits per heavy atom. The number of nitrogens with zero attached hydrogens (tertiary/aromatic N) is 5. The van der Waals surface area contributed by atoms with Gasteiger partial charge in [-0.2, -0.15) is 0 Å². The number of amides is 1. The first-order chi connectivity index (χ1) is 16.1. The summed E-state index contributed by atoms with van der Waals surface area (Å²) in [5.41, 5.74) is 2.91. The number of carbonyl (C=O) groups excluding carboxylic acids is 1. The van der Waals surface area contributed by atoms with Crippen LogP contribution < -0.4 is 5.32 Å². The predicted molar refractivity (Wildman–Crippen MR) is 131 cm³/mol. The van der Waals surface area contributed by atoms with Gasteiger partial charge in [0, 0.05) is 49.4 Å². The highest BCUT2D eigenvalue weighted by atomic mass is 16.2. The number of benzene rings is 2. The highest BCUT2D eigenvalue weighted by Crippen LogP contribution is 2.23. The van der Waals surface area contributed by atoms with Gasteiger partial charge in [0.2, 0.25) is 0 Å². The lowest BCUT2D eigenvalue weighted by molar-refractivity contribution is 0.0664. The number of likely N-dealkylation sites (N-methyl/N-ethyl adjacent to an activating group) is 1. The van der Waals surface area contributed by atoms with Crippen LogP contribution in [-0.2, 0) is 0 Å². The number of hydrogen-bond acceptors (Lipinski definition) is 5. The maximum absolute atomic E-state index is 13.0. The van der Waals surface area contributed by atoms with E-state index in [2.05, 4.69) is 41.3 Å². The minimum atomic E-state index is 0.0960. The third-order valence-electron chi connectivity index (χ3n) is 6.26. The van der Waals surface area contributed by atoms with Crippen molar-refractivity contribution < 1.29 is 4.79 Å². The number of piperazine rings is 1. The van der Waals surface area contributed by atoms with Crippen LogP contribution in [0.25, 0.3) is 16.7 Å². The summed E-state index contributed by atoms with van der Waals surface area (Å²) >= 11 is 0. The molecule has 1 aliphatic rings. The highest BCUT2D eigenvalue weighted by Gasteiger charge is 2.21. The standard InChI is InChI=1S/C26H28N6O/c1-19(20-6-4-3-5-7-20)28-24-17-27-18-25(29-24)32-11-10-21-16-22(8-9-23(21)32)26(33)31-14-12-30(2)13-15-31/h3-11,16-19H,12-15H2,1-2H3,(H,28,29)/t19-/m0/s1. The molecule has 1 fully saturated rings. The van der Waals surface area contributed by atoms with Gasteiger partial charge < -0.3 is 15.1 Å². The van der Waals surface area contributed by atoms with Crippen LogP contribution in [0, 0.1) is 0 Å². The molecule has 0 aliphatic carbocycles. The third-order valence-corrected chi connectivity index (χ3v) is 6.26. The van der Waals surface area contributed by atoms with E-state index >= 15 is 0 Å². The van der Waals surface area contributed by atoms with Crippen molar-refractivity contribution in [1.82, 2.24) is 24.3 Å². The molecule has 5 rings (SSSR count). The van der Waals surface area contributed by atoms with Gasteiger partial charge in [-0.05, 0) is 43.8 Å². The second-order valence-corrected chi connectivity index (χ2v) is 8.59. The van der Waals surface area contributed by atoms with E-state index in [1.807, 2.05) is 58.1 Å². The van der Waals surface area contributed by atoms with Gasteiger partial charge >= 0.3 is 0 Å². The van der Waals surface area contributed by atoms with E-state index in [1.165, 1.54) is 5.56 Å². The van der Waals surface area contributed by atoms with Crippen molar-refractivity contribution in [3.63, 3.8) is 0 Å². The molecule has 7 heteroatoms. The minimum Gasteiger partial charge on any atom is -0.362 e. The van der Waals surface area contributed by atoms with Crippen molar-refractivity contribution in [3.05, 3.63) is 84.3 Å². The molecular weight excluding hydrogens is 412 g/mol. The highest BCUT2D eigenvalue weighted by molar-refractivity contribution is 5.98. The molecule has 0 spiro atoms. The summed E-state index contributed by atoms with van der Waals surface area (Å²) in [7, 11) is 2.09. The van der Waals surface area contributed by atoms with Gasteiger partial charge in [-0.3, -0.25) is 14.3 Å². The van der Waals surface area contributed by atoms with Crippen molar-refractivity contribution in [2.24, 2.45) is 0 Å². The lowest BCUT2D eigenvalue weighted by Gasteiger charge is -2.32. The molecule has 1 saturated heterocycles. The lowest BCUT2D eigenvalue weighted by atomic mass is 10.1. The van der Waals surface area contributed by atoms with E-state index in [-0.39, 0.29) is 11.9 Å². The topological polar surface area (TPSA) is 66.3 Å². The Morgan fingerprint density at radius 3 is 2.58 bits per heavy atom. The van der Waals surface area contributed by atoms with Crippen molar-refractivity contribution in [2.45, 2.75) is 13.0 Å². The Balaban J connectivity index is 1.37. The van der Waals surface area contributed by atoms with Crippen molar-refractivity contribution >= 4 is 22.6 Å². The summed E-state index contributed by atoms with van der Waals surface area (Å²) in [5, 5.41) is 4.44. The minimum absolute atomic E-state index is 0.0960. The van der Waals surface area contributed by atoms with Gasteiger partial charge in [-0.1, -0.05) is 30.3 Å². The Kier molecular flexibility index (Phi) is 5.79. The number of rotatable bonds is 5. The van der Waals surface area contributed by atoms with Crippen LogP contribution >= 0.6 is 0 Å². The summed E-state index contributed by atoms with van der Waals surface area (Å²) < 4.78 is 2.00. The molecule has 3 heterocycles. The van der Waals surface area contributed by atoms with Gasteiger partial charge in [0.25, 0.3) is 5.91 Å². The Hall–Kier alpha value is -3.71. The molecule has 2 aromatic heterocycles. The van der Waals surface area contributed by atoms with Crippen molar-refractivity contribution in [2.75, 3.05) is 38.5 Å². The van der Waals surface area contributed by atoms with E-state index in [1.54, 1.807) is 12.4 Å². The average Bonchev–Trinajstić information content (AvgIpc) is 3.28. The Labute approximate surface area is 193 Å². The summed E-state index contributed by atoms with van der Waals surface area (Å²) in [5.74, 6) is 1.54. The fourth-order valence-electron chi connectivity index (χ4n) is 4.26. The van der Waals surface area contributed by atoms with Crippen LogP contribution in [-0.4, -0.2) is 63.5 Å². The summed E-state index contributed by atoms with van der Waals surface area (Å²) in [6.45, 7) is 5.47. The molecule has 33 heavy (non-hydrogen) atoms. The number of nitrogens with one attached hydrogen (secondary N) is 1. The van der Waals surface area contributed by atoms with E-state index in [0.717, 1.165) is 48.5 Å². The Morgan fingerprint density at radius 1 is 1.00 bits per heavy atom. The van der Waals surface area contributed by atoms with Crippen LogP contribution in [0.2, 0.25) is 0 Å². The summed E-state index contributed by atoms with van der Waals surface area (Å²) in [6.07, 6.45) is 5.46. The van der Waals surface area contributed by atoms with Crippen LogP contribution in [0.3, 0.4) is 0 Å². The Bertz CT molecular complexity index is 1260. The first-order valence-electron chi connectivity index (χ1n) is 11.3. The molecule has 0 saturated carbocycles. The molecule has 0 bridgehead atoms. The molecule has 2 aromatic carbocycles. The number of aromatic nitrogens is 3. The monoisotopic (exact) mass is 440 g/mol. The number of fused-ring (bicyclic) bond motifs is 1. The molecule has 7 nitrogen and oxygen atoms in total. The fourth-order valence-corrected chi connectivity index (χ4v) is 4.26. The first kappa shape index (κ1) is 21.2. The molecular formula is C26H28N6O. The largest absolute Gasteiger partial charge is 0.362 e.